The fourth-order valence-electron chi connectivity index (χ4n) is 2.01. The number of hydrogen-bond acceptors (Lipinski definition) is 2. The molecule has 2 rings (SSSR count). The van der Waals surface area contributed by atoms with Gasteiger partial charge in [-0.1, -0.05) is 18.2 Å². The second-order valence-electron chi connectivity index (χ2n) is 4.29. The van der Waals surface area contributed by atoms with Crippen molar-refractivity contribution in [2.75, 3.05) is 0 Å². The van der Waals surface area contributed by atoms with Gasteiger partial charge in [0.05, 0.1) is 11.6 Å². The highest BCUT2D eigenvalue weighted by Gasteiger charge is 2.13. The molecule has 2 aromatic carbocycles. The van der Waals surface area contributed by atoms with E-state index in [2.05, 4.69) is 0 Å². The molecule has 0 aromatic heterocycles. The summed E-state index contributed by atoms with van der Waals surface area (Å²) in [5.74, 6) is 0.00934. The number of ketones is 1. The maximum Gasteiger partial charge on any atom is 0.193 e. The predicted octanol–water partition coefficient (Wildman–Crippen LogP) is 3.41. The third kappa shape index (κ3) is 2.16. The van der Waals surface area contributed by atoms with E-state index in [1.54, 1.807) is 24.3 Å². The molecule has 2 aromatic rings. The van der Waals surface area contributed by atoms with Crippen molar-refractivity contribution in [3.63, 3.8) is 0 Å². The van der Waals surface area contributed by atoms with Crippen LogP contribution in [0.4, 0.5) is 0 Å². The van der Waals surface area contributed by atoms with Crippen molar-refractivity contribution in [3.8, 4) is 6.07 Å². The first-order valence-corrected chi connectivity index (χ1v) is 5.74. The van der Waals surface area contributed by atoms with E-state index in [0.717, 1.165) is 16.7 Å². The van der Waals surface area contributed by atoms with Crippen LogP contribution in [-0.4, -0.2) is 5.78 Å². The average Bonchev–Trinajstić information content (AvgIpc) is 2.38. The van der Waals surface area contributed by atoms with Crippen LogP contribution in [0.2, 0.25) is 0 Å². The van der Waals surface area contributed by atoms with E-state index < -0.39 is 0 Å². The lowest BCUT2D eigenvalue weighted by Gasteiger charge is -2.08. The second-order valence-corrected chi connectivity index (χ2v) is 4.29. The number of carbonyl (C=O) groups excluding carboxylic acids is 1. The van der Waals surface area contributed by atoms with Crippen molar-refractivity contribution in [2.45, 2.75) is 13.8 Å². The molecule has 0 aliphatic heterocycles. The Morgan fingerprint density at radius 3 is 2.06 bits per heavy atom. The molecule has 0 aliphatic rings. The highest BCUT2D eigenvalue weighted by molar-refractivity contribution is 6.10. The Morgan fingerprint density at radius 2 is 1.56 bits per heavy atom. The minimum absolute atomic E-state index is 0.00934. The number of hydrogen-bond donors (Lipinski definition) is 0. The zero-order chi connectivity index (χ0) is 13.1. The maximum absolute atomic E-state index is 12.4. The smallest absolute Gasteiger partial charge is 0.193 e. The van der Waals surface area contributed by atoms with Gasteiger partial charge in [-0.25, -0.2) is 0 Å². The van der Waals surface area contributed by atoms with E-state index in [1.165, 1.54) is 0 Å². The largest absolute Gasteiger partial charge is 0.289 e. The standard InChI is InChI=1S/C16H13NO/c1-11-4-3-5-12(2)15(11)16(18)14-8-6-13(10-17)7-9-14/h3-9H,1-2H3. The van der Waals surface area contributed by atoms with Crippen molar-refractivity contribution in [1.82, 2.24) is 0 Å². The molecule has 0 fully saturated rings. The number of benzene rings is 2. The molecule has 0 bridgehead atoms. The number of carbonyl (C=O) groups is 1. The molecule has 88 valence electrons. The summed E-state index contributed by atoms with van der Waals surface area (Å²) in [5.41, 5.74) is 3.88. The zero-order valence-electron chi connectivity index (χ0n) is 10.4. The topological polar surface area (TPSA) is 40.9 Å². The molecule has 0 heterocycles. The number of nitrogens with zero attached hydrogens (tertiary/aromatic N) is 1. The number of aryl methyl sites for hydroxylation is 2. The molecular formula is C16H13NO. The van der Waals surface area contributed by atoms with Gasteiger partial charge in [0.25, 0.3) is 0 Å². The first-order valence-electron chi connectivity index (χ1n) is 5.74. The molecule has 0 aliphatic carbocycles. The lowest BCUT2D eigenvalue weighted by atomic mass is 9.94. The Hall–Kier alpha value is -2.40. The molecular weight excluding hydrogens is 222 g/mol. The van der Waals surface area contributed by atoms with Crippen LogP contribution in [0.3, 0.4) is 0 Å². The summed E-state index contributed by atoms with van der Waals surface area (Å²) in [4.78, 5) is 12.4. The molecule has 0 saturated heterocycles. The van der Waals surface area contributed by atoms with Gasteiger partial charge in [-0.3, -0.25) is 4.79 Å². The van der Waals surface area contributed by atoms with Crippen LogP contribution in [0.5, 0.6) is 0 Å². The normalized spacial score (nSPS) is 9.83. The van der Waals surface area contributed by atoms with Gasteiger partial charge >= 0.3 is 0 Å². The summed E-state index contributed by atoms with van der Waals surface area (Å²) in [5, 5.41) is 8.74. The Morgan fingerprint density at radius 1 is 1.00 bits per heavy atom. The lowest BCUT2D eigenvalue weighted by Crippen LogP contribution is -2.06. The Balaban J connectivity index is 2.45. The minimum atomic E-state index is 0.00934. The Kier molecular flexibility index (Phi) is 3.25. The van der Waals surface area contributed by atoms with E-state index in [9.17, 15) is 4.79 Å². The average molecular weight is 235 g/mol. The summed E-state index contributed by atoms with van der Waals surface area (Å²) in [6.07, 6.45) is 0. The third-order valence-electron chi connectivity index (χ3n) is 2.98. The van der Waals surface area contributed by atoms with Gasteiger partial charge in [0.2, 0.25) is 0 Å². The molecule has 0 amide bonds. The molecule has 18 heavy (non-hydrogen) atoms. The first-order chi connectivity index (χ1) is 8.63. The minimum Gasteiger partial charge on any atom is -0.289 e. The molecule has 0 saturated carbocycles. The monoisotopic (exact) mass is 235 g/mol. The number of nitriles is 1. The molecule has 0 N–H and O–H groups in total. The molecule has 2 heteroatoms. The van der Waals surface area contributed by atoms with E-state index in [-0.39, 0.29) is 5.78 Å². The van der Waals surface area contributed by atoms with Gasteiger partial charge in [0, 0.05) is 11.1 Å². The van der Waals surface area contributed by atoms with Crippen LogP contribution in [0.25, 0.3) is 0 Å². The highest BCUT2D eigenvalue weighted by Crippen LogP contribution is 2.18. The fourth-order valence-corrected chi connectivity index (χ4v) is 2.01. The third-order valence-corrected chi connectivity index (χ3v) is 2.98. The van der Waals surface area contributed by atoms with Crippen LogP contribution in [-0.2, 0) is 0 Å². The fraction of sp³-hybridized carbons (Fsp3) is 0.125. The van der Waals surface area contributed by atoms with E-state index in [0.29, 0.717) is 11.1 Å². The summed E-state index contributed by atoms with van der Waals surface area (Å²) in [7, 11) is 0. The van der Waals surface area contributed by atoms with E-state index in [1.807, 2.05) is 38.1 Å². The Bertz CT molecular complexity index is 613. The van der Waals surface area contributed by atoms with Gasteiger partial charge in [-0.2, -0.15) is 5.26 Å². The van der Waals surface area contributed by atoms with Crippen LogP contribution < -0.4 is 0 Å². The van der Waals surface area contributed by atoms with Crippen LogP contribution in [0.1, 0.15) is 32.6 Å². The summed E-state index contributed by atoms with van der Waals surface area (Å²) >= 11 is 0. The van der Waals surface area contributed by atoms with E-state index in [4.69, 9.17) is 5.26 Å². The Labute approximate surface area is 107 Å². The van der Waals surface area contributed by atoms with Crippen LogP contribution >= 0.6 is 0 Å². The number of rotatable bonds is 2. The van der Waals surface area contributed by atoms with Crippen molar-refractivity contribution >= 4 is 5.78 Å². The van der Waals surface area contributed by atoms with Crippen molar-refractivity contribution in [1.29, 1.82) is 5.26 Å². The van der Waals surface area contributed by atoms with Gasteiger partial charge in [-0.05, 0) is 49.2 Å². The van der Waals surface area contributed by atoms with Crippen molar-refractivity contribution in [2.24, 2.45) is 0 Å². The summed E-state index contributed by atoms with van der Waals surface area (Å²) < 4.78 is 0. The van der Waals surface area contributed by atoms with Crippen molar-refractivity contribution in [3.05, 3.63) is 70.3 Å². The van der Waals surface area contributed by atoms with Crippen molar-refractivity contribution < 1.29 is 4.79 Å². The molecule has 0 spiro atoms. The van der Waals surface area contributed by atoms with Crippen LogP contribution in [0, 0.1) is 25.2 Å². The van der Waals surface area contributed by atoms with Crippen LogP contribution in [0.15, 0.2) is 42.5 Å². The summed E-state index contributed by atoms with van der Waals surface area (Å²) in [6, 6.07) is 14.6. The second kappa shape index (κ2) is 4.85. The SMILES string of the molecule is Cc1cccc(C)c1C(=O)c1ccc(C#N)cc1. The van der Waals surface area contributed by atoms with E-state index >= 15 is 0 Å². The van der Waals surface area contributed by atoms with Gasteiger partial charge < -0.3 is 0 Å². The van der Waals surface area contributed by atoms with Gasteiger partial charge in [0.1, 0.15) is 0 Å². The molecule has 2 nitrogen and oxygen atoms in total. The molecule has 0 radical (unpaired) electrons. The highest BCUT2D eigenvalue weighted by atomic mass is 16.1. The molecule has 0 atom stereocenters. The lowest BCUT2D eigenvalue weighted by molar-refractivity contribution is 0.103. The zero-order valence-corrected chi connectivity index (χ0v) is 10.4. The van der Waals surface area contributed by atoms with Gasteiger partial charge in [-0.15, -0.1) is 0 Å². The molecule has 0 unspecified atom stereocenters. The summed E-state index contributed by atoms with van der Waals surface area (Å²) in [6.45, 7) is 3.87. The van der Waals surface area contributed by atoms with Gasteiger partial charge in [0.15, 0.2) is 5.78 Å². The first kappa shape index (κ1) is 12.1. The predicted molar refractivity (Wildman–Crippen MR) is 70.5 cm³/mol. The maximum atomic E-state index is 12.4. The quantitative estimate of drug-likeness (QED) is 0.748.